The van der Waals surface area contributed by atoms with E-state index >= 15 is 0 Å². The first-order chi connectivity index (χ1) is 14.4. The molecule has 2 amide bonds. The number of carbonyl (C=O) groups is 3. The summed E-state index contributed by atoms with van der Waals surface area (Å²) in [6.45, 7) is 1.70. The molecule has 30 heavy (non-hydrogen) atoms. The molecule has 0 unspecified atom stereocenters. The van der Waals surface area contributed by atoms with Crippen LogP contribution in [0.1, 0.15) is 29.3 Å². The Morgan fingerprint density at radius 3 is 2.47 bits per heavy atom. The van der Waals surface area contributed by atoms with Crippen LogP contribution in [0.4, 0.5) is 5.69 Å². The van der Waals surface area contributed by atoms with Gasteiger partial charge in [0.2, 0.25) is 5.91 Å². The van der Waals surface area contributed by atoms with Crippen molar-refractivity contribution in [1.29, 1.82) is 0 Å². The van der Waals surface area contributed by atoms with Crippen molar-refractivity contribution in [2.75, 3.05) is 11.9 Å². The highest BCUT2D eigenvalue weighted by molar-refractivity contribution is 8.26. The van der Waals surface area contributed by atoms with Crippen LogP contribution in [-0.2, 0) is 9.59 Å². The molecule has 2 aromatic rings. The largest absolute Gasteiger partial charge is 0.326 e. The third-order valence-electron chi connectivity index (χ3n) is 4.35. The van der Waals surface area contributed by atoms with Gasteiger partial charge in [0.1, 0.15) is 4.32 Å². The van der Waals surface area contributed by atoms with E-state index in [1.807, 2.05) is 42.5 Å². The molecule has 5 nitrogen and oxygen atoms in total. The van der Waals surface area contributed by atoms with E-state index < -0.39 is 0 Å². The molecule has 7 heteroatoms. The molecule has 0 saturated carbocycles. The molecule has 1 saturated heterocycles. The molecule has 0 aliphatic carbocycles. The van der Waals surface area contributed by atoms with E-state index in [-0.39, 0.29) is 30.6 Å². The molecule has 0 atom stereocenters. The first kappa shape index (κ1) is 21.7. The van der Waals surface area contributed by atoms with Crippen molar-refractivity contribution < 1.29 is 14.4 Å². The Morgan fingerprint density at radius 2 is 1.80 bits per heavy atom. The summed E-state index contributed by atoms with van der Waals surface area (Å²) in [5, 5.41) is 2.76. The van der Waals surface area contributed by atoms with Gasteiger partial charge in [-0.1, -0.05) is 66.5 Å². The zero-order chi connectivity index (χ0) is 21.5. The Hall–Kier alpha value is -3.03. The van der Waals surface area contributed by atoms with Gasteiger partial charge in [0.25, 0.3) is 5.91 Å². The highest BCUT2D eigenvalue weighted by Gasteiger charge is 2.31. The van der Waals surface area contributed by atoms with Crippen LogP contribution in [0.15, 0.2) is 71.7 Å². The maximum absolute atomic E-state index is 12.6. The van der Waals surface area contributed by atoms with Crippen LogP contribution in [-0.4, -0.2) is 33.4 Å². The lowest BCUT2D eigenvalue weighted by atomic mass is 10.1. The third-order valence-corrected chi connectivity index (χ3v) is 5.74. The molecule has 1 N–H and O–H groups in total. The van der Waals surface area contributed by atoms with Crippen molar-refractivity contribution in [2.24, 2.45) is 0 Å². The monoisotopic (exact) mass is 436 g/mol. The second-order valence-electron chi connectivity index (χ2n) is 6.56. The molecule has 3 rings (SSSR count). The van der Waals surface area contributed by atoms with Crippen molar-refractivity contribution >= 4 is 57.7 Å². The molecule has 2 aromatic carbocycles. The maximum Gasteiger partial charge on any atom is 0.266 e. The molecule has 152 valence electrons. The average Bonchev–Trinajstić information content (AvgIpc) is 3.00. The maximum atomic E-state index is 12.6. The lowest BCUT2D eigenvalue weighted by molar-refractivity contribution is -0.122. The van der Waals surface area contributed by atoms with Gasteiger partial charge in [0.15, 0.2) is 5.78 Å². The van der Waals surface area contributed by atoms with Crippen molar-refractivity contribution in [1.82, 2.24) is 4.90 Å². The number of Topliss-reactive ketones (excluding diaryl/α,β-unsaturated/α-hetero) is 1. The quantitative estimate of drug-likeness (QED) is 0.388. The predicted octanol–water partition coefficient (Wildman–Crippen LogP) is 4.68. The van der Waals surface area contributed by atoms with Crippen molar-refractivity contribution in [3.63, 3.8) is 0 Å². The summed E-state index contributed by atoms with van der Waals surface area (Å²) < 4.78 is 0.443. The van der Waals surface area contributed by atoms with E-state index in [1.54, 1.807) is 30.3 Å². The van der Waals surface area contributed by atoms with Crippen LogP contribution < -0.4 is 5.32 Å². The SMILES string of the molecule is CC(=O)c1ccc(NC(=O)CCN2C(=O)/C(=C/C=C/c3ccccc3)SC2=S)cc1. The van der Waals surface area contributed by atoms with Crippen LogP contribution in [0.25, 0.3) is 6.08 Å². The van der Waals surface area contributed by atoms with Crippen LogP contribution in [0.5, 0.6) is 0 Å². The normalized spacial score (nSPS) is 15.2. The highest BCUT2D eigenvalue weighted by Crippen LogP contribution is 2.31. The molecule has 0 bridgehead atoms. The van der Waals surface area contributed by atoms with E-state index in [0.29, 0.717) is 20.5 Å². The number of nitrogens with zero attached hydrogens (tertiary/aromatic N) is 1. The fraction of sp³-hybridized carbons (Fsp3) is 0.130. The Labute approximate surface area is 184 Å². The number of anilines is 1. The first-order valence-corrected chi connectivity index (χ1v) is 10.5. The van der Waals surface area contributed by atoms with Crippen molar-refractivity contribution in [3.8, 4) is 0 Å². The average molecular weight is 437 g/mol. The van der Waals surface area contributed by atoms with Crippen LogP contribution >= 0.6 is 24.0 Å². The number of carbonyl (C=O) groups excluding carboxylic acids is 3. The second kappa shape index (κ2) is 10.1. The number of ketones is 1. The van der Waals surface area contributed by atoms with Gasteiger partial charge < -0.3 is 5.32 Å². The summed E-state index contributed by atoms with van der Waals surface area (Å²) in [7, 11) is 0. The summed E-state index contributed by atoms with van der Waals surface area (Å²) in [5.74, 6) is -0.456. The van der Waals surface area contributed by atoms with Crippen LogP contribution in [0.3, 0.4) is 0 Å². The van der Waals surface area contributed by atoms with E-state index in [1.165, 1.54) is 23.6 Å². The fourth-order valence-corrected chi connectivity index (χ4v) is 4.00. The minimum atomic E-state index is -0.229. The topological polar surface area (TPSA) is 66.5 Å². The number of thiocarbonyl (C=S) groups is 1. The third kappa shape index (κ3) is 5.75. The number of hydrogen-bond donors (Lipinski definition) is 1. The fourth-order valence-electron chi connectivity index (χ4n) is 2.74. The van der Waals surface area contributed by atoms with E-state index in [2.05, 4.69) is 5.32 Å². The number of thioether (sulfide) groups is 1. The minimum absolute atomic E-state index is 0.0334. The zero-order valence-electron chi connectivity index (χ0n) is 16.3. The lowest BCUT2D eigenvalue weighted by Crippen LogP contribution is -2.31. The smallest absolute Gasteiger partial charge is 0.266 e. The second-order valence-corrected chi connectivity index (χ2v) is 8.23. The number of benzene rings is 2. The highest BCUT2D eigenvalue weighted by atomic mass is 32.2. The standard InChI is InChI=1S/C23H20N2O3S2/c1-16(26)18-10-12-19(13-11-18)24-21(27)14-15-25-22(28)20(30-23(25)29)9-5-8-17-6-3-2-4-7-17/h2-13H,14-15H2,1H3,(H,24,27)/b8-5+,20-9-. The summed E-state index contributed by atoms with van der Waals surface area (Å²) in [5.41, 5.74) is 2.22. The van der Waals surface area contributed by atoms with Crippen LogP contribution in [0.2, 0.25) is 0 Å². The van der Waals surface area contributed by atoms with Gasteiger partial charge >= 0.3 is 0 Å². The number of allylic oxidation sites excluding steroid dienone is 2. The number of amides is 2. The zero-order valence-corrected chi connectivity index (χ0v) is 18.0. The van der Waals surface area contributed by atoms with Gasteiger partial charge in [-0.3, -0.25) is 19.3 Å². The molecule has 0 radical (unpaired) electrons. The van der Waals surface area contributed by atoms with Gasteiger partial charge in [0.05, 0.1) is 4.91 Å². The first-order valence-electron chi connectivity index (χ1n) is 9.32. The Morgan fingerprint density at radius 1 is 1.10 bits per heavy atom. The predicted molar refractivity (Wildman–Crippen MR) is 125 cm³/mol. The molecule has 1 fully saturated rings. The minimum Gasteiger partial charge on any atom is -0.326 e. The van der Waals surface area contributed by atoms with E-state index in [9.17, 15) is 14.4 Å². The molecular weight excluding hydrogens is 416 g/mol. The van der Waals surface area contributed by atoms with E-state index in [4.69, 9.17) is 12.2 Å². The lowest BCUT2D eigenvalue weighted by Gasteiger charge is -2.14. The number of nitrogens with one attached hydrogen (secondary N) is 1. The van der Waals surface area contributed by atoms with Gasteiger partial charge in [-0.15, -0.1) is 0 Å². The van der Waals surface area contributed by atoms with Gasteiger partial charge in [-0.05, 0) is 42.8 Å². The number of rotatable bonds is 7. The van der Waals surface area contributed by atoms with E-state index in [0.717, 1.165) is 5.56 Å². The molecule has 1 aliphatic rings. The summed E-state index contributed by atoms with van der Waals surface area (Å²) in [6, 6.07) is 16.5. The summed E-state index contributed by atoms with van der Waals surface area (Å²) >= 11 is 6.53. The Kier molecular flexibility index (Phi) is 7.32. The summed E-state index contributed by atoms with van der Waals surface area (Å²) in [4.78, 5) is 38.1. The van der Waals surface area contributed by atoms with Crippen LogP contribution in [0, 0.1) is 0 Å². The molecule has 1 aliphatic heterocycles. The van der Waals surface area contributed by atoms with Gasteiger partial charge in [-0.2, -0.15) is 0 Å². The molecule has 0 aromatic heterocycles. The molecular formula is C23H20N2O3S2. The Bertz CT molecular complexity index is 1030. The molecule has 1 heterocycles. The van der Waals surface area contributed by atoms with Gasteiger partial charge in [-0.25, -0.2) is 0 Å². The van der Waals surface area contributed by atoms with Crippen molar-refractivity contribution in [2.45, 2.75) is 13.3 Å². The number of hydrogen-bond acceptors (Lipinski definition) is 5. The Balaban J connectivity index is 1.53. The summed E-state index contributed by atoms with van der Waals surface area (Å²) in [6.07, 6.45) is 5.59. The van der Waals surface area contributed by atoms with Crippen molar-refractivity contribution in [3.05, 3.63) is 82.8 Å². The molecule has 0 spiro atoms. The van der Waals surface area contributed by atoms with Gasteiger partial charge in [0, 0.05) is 24.2 Å².